The number of thioether (sulfide) groups is 1. The molecule has 1 heterocycles. The minimum Gasteiger partial charge on any atom is -0.328 e. The molecule has 3 heteroatoms. The molecule has 0 saturated heterocycles. The number of hydrogen-bond donors (Lipinski definition) is 2. The highest BCUT2D eigenvalue weighted by molar-refractivity contribution is 7.99. The van der Waals surface area contributed by atoms with Crippen molar-refractivity contribution >= 4 is 11.8 Å². The van der Waals surface area contributed by atoms with Crippen LogP contribution in [0.1, 0.15) is 30.9 Å². The van der Waals surface area contributed by atoms with E-state index in [1.54, 1.807) is 0 Å². The summed E-state index contributed by atoms with van der Waals surface area (Å²) in [5.41, 5.74) is 7.31. The van der Waals surface area contributed by atoms with Crippen molar-refractivity contribution in [1.29, 1.82) is 0 Å². The van der Waals surface area contributed by atoms with E-state index < -0.39 is 0 Å². The van der Waals surface area contributed by atoms with Crippen molar-refractivity contribution < 1.29 is 0 Å². The lowest BCUT2D eigenvalue weighted by Crippen LogP contribution is -2.49. The number of nitrogens with one attached hydrogen (secondary N) is 1. The highest BCUT2D eigenvalue weighted by Gasteiger charge is 2.29. The Morgan fingerprint density at radius 1 is 1.25 bits per heavy atom. The fraction of sp³-hybridized carbons (Fsp3) is 0.538. The molecule has 0 amide bonds. The van der Waals surface area contributed by atoms with Gasteiger partial charge >= 0.3 is 0 Å². The molecule has 0 aromatic heterocycles. The molecule has 86 valence electrons. The number of rotatable bonds is 2. The van der Waals surface area contributed by atoms with Crippen molar-refractivity contribution in [3.05, 3.63) is 29.8 Å². The van der Waals surface area contributed by atoms with Crippen LogP contribution in [0.2, 0.25) is 0 Å². The highest BCUT2D eigenvalue weighted by atomic mass is 32.2. The Bertz CT molecular complexity index is 374. The Balaban J connectivity index is 1.72. The summed E-state index contributed by atoms with van der Waals surface area (Å²) in [6.07, 6.45) is 3.53. The Hall–Kier alpha value is -0.510. The third kappa shape index (κ3) is 1.99. The second-order valence-corrected chi connectivity index (χ2v) is 5.96. The summed E-state index contributed by atoms with van der Waals surface area (Å²) < 4.78 is 0. The van der Waals surface area contributed by atoms with Gasteiger partial charge in [0.15, 0.2) is 0 Å². The maximum absolute atomic E-state index is 5.82. The van der Waals surface area contributed by atoms with Crippen molar-refractivity contribution in [3.8, 4) is 0 Å². The van der Waals surface area contributed by atoms with Crippen LogP contribution in [0, 0.1) is 0 Å². The van der Waals surface area contributed by atoms with Crippen LogP contribution in [0.25, 0.3) is 0 Å². The molecule has 3 rings (SSSR count). The first-order valence-corrected chi connectivity index (χ1v) is 7.05. The van der Waals surface area contributed by atoms with Crippen molar-refractivity contribution in [2.45, 2.75) is 42.3 Å². The Morgan fingerprint density at radius 3 is 2.88 bits per heavy atom. The quantitative estimate of drug-likeness (QED) is 0.824. The molecule has 1 fully saturated rings. The highest BCUT2D eigenvalue weighted by Crippen LogP contribution is 2.37. The molecule has 0 spiro atoms. The molecule has 16 heavy (non-hydrogen) atoms. The normalized spacial score (nSPS) is 32.9. The first kappa shape index (κ1) is 10.6. The molecule has 1 unspecified atom stereocenters. The number of nitrogens with two attached hydrogens (primary N) is 1. The van der Waals surface area contributed by atoms with Crippen molar-refractivity contribution in [1.82, 2.24) is 5.32 Å². The average Bonchev–Trinajstić information content (AvgIpc) is 2.27. The molecule has 3 N–H and O–H groups in total. The summed E-state index contributed by atoms with van der Waals surface area (Å²) in [4.78, 5) is 1.45. The van der Waals surface area contributed by atoms with Gasteiger partial charge in [0.05, 0.1) is 0 Å². The second kappa shape index (κ2) is 4.40. The van der Waals surface area contributed by atoms with Crippen LogP contribution in [0.3, 0.4) is 0 Å². The first-order chi connectivity index (χ1) is 7.83. The lowest BCUT2D eigenvalue weighted by Gasteiger charge is -2.38. The van der Waals surface area contributed by atoms with Gasteiger partial charge in [-0.15, -0.1) is 11.8 Å². The molecule has 1 aliphatic heterocycles. The van der Waals surface area contributed by atoms with Gasteiger partial charge in [-0.25, -0.2) is 0 Å². The number of hydrogen-bond acceptors (Lipinski definition) is 3. The standard InChI is InChI=1S/C13H18N2S/c14-9-7-10(8-9)15-12-5-6-16-13-4-2-1-3-11(12)13/h1-4,9-10,12,15H,5-8,14H2. The van der Waals surface area contributed by atoms with Crippen LogP contribution in [-0.4, -0.2) is 17.8 Å². The molecule has 1 aromatic carbocycles. The predicted octanol–water partition coefficient (Wildman–Crippen LogP) is 2.30. The maximum atomic E-state index is 5.82. The van der Waals surface area contributed by atoms with Gasteiger partial charge in [0.1, 0.15) is 0 Å². The topological polar surface area (TPSA) is 38.0 Å². The Labute approximate surface area is 101 Å². The van der Waals surface area contributed by atoms with E-state index in [4.69, 9.17) is 5.73 Å². The van der Waals surface area contributed by atoms with Gasteiger partial charge in [-0.05, 0) is 36.6 Å². The predicted molar refractivity (Wildman–Crippen MR) is 68.7 cm³/mol. The zero-order chi connectivity index (χ0) is 11.0. The van der Waals surface area contributed by atoms with Crippen LogP contribution in [0.5, 0.6) is 0 Å². The largest absolute Gasteiger partial charge is 0.328 e. The molecule has 1 atom stereocenters. The summed E-state index contributed by atoms with van der Waals surface area (Å²) in [7, 11) is 0. The van der Waals surface area contributed by atoms with Gasteiger partial charge < -0.3 is 11.1 Å². The lowest BCUT2D eigenvalue weighted by molar-refractivity contribution is 0.263. The van der Waals surface area contributed by atoms with E-state index in [-0.39, 0.29) is 0 Å². The van der Waals surface area contributed by atoms with Crippen LogP contribution < -0.4 is 11.1 Å². The fourth-order valence-corrected chi connectivity index (χ4v) is 3.72. The summed E-state index contributed by atoms with van der Waals surface area (Å²) >= 11 is 1.98. The van der Waals surface area contributed by atoms with Gasteiger partial charge in [0.2, 0.25) is 0 Å². The maximum Gasteiger partial charge on any atom is 0.0341 e. The van der Waals surface area contributed by atoms with E-state index in [9.17, 15) is 0 Å². The van der Waals surface area contributed by atoms with Gasteiger partial charge in [-0.3, -0.25) is 0 Å². The molecule has 1 aliphatic carbocycles. The molecular weight excluding hydrogens is 216 g/mol. The monoisotopic (exact) mass is 234 g/mol. The van der Waals surface area contributed by atoms with E-state index in [0.717, 1.165) is 12.8 Å². The van der Waals surface area contributed by atoms with E-state index in [1.165, 1.54) is 22.6 Å². The minimum atomic E-state index is 0.436. The van der Waals surface area contributed by atoms with E-state index in [1.807, 2.05) is 11.8 Å². The molecular formula is C13H18N2S. The third-order valence-corrected chi connectivity index (χ3v) is 4.69. The van der Waals surface area contributed by atoms with Crippen molar-refractivity contribution in [2.24, 2.45) is 5.73 Å². The van der Waals surface area contributed by atoms with Crippen molar-refractivity contribution in [2.75, 3.05) is 5.75 Å². The van der Waals surface area contributed by atoms with Gasteiger partial charge in [0.25, 0.3) is 0 Å². The molecule has 0 radical (unpaired) electrons. The van der Waals surface area contributed by atoms with E-state index in [2.05, 4.69) is 29.6 Å². The fourth-order valence-electron chi connectivity index (χ4n) is 2.60. The smallest absolute Gasteiger partial charge is 0.0341 e. The van der Waals surface area contributed by atoms with Crippen LogP contribution in [0.4, 0.5) is 0 Å². The molecule has 1 saturated carbocycles. The van der Waals surface area contributed by atoms with Gasteiger partial charge in [-0.1, -0.05) is 18.2 Å². The van der Waals surface area contributed by atoms with E-state index in [0.29, 0.717) is 18.1 Å². The summed E-state index contributed by atoms with van der Waals surface area (Å²) in [6.45, 7) is 0. The number of benzene rings is 1. The minimum absolute atomic E-state index is 0.436. The zero-order valence-corrected chi connectivity index (χ0v) is 10.2. The Morgan fingerprint density at radius 2 is 2.06 bits per heavy atom. The number of fused-ring (bicyclic) bond motifs is 1. The summed E-state index contributed by atoms with van der Waals surface area (Å²) in [5.74, 6) is 1.23. The van der Waals surface area contributed by atoms with Crippen LogP contribution >= 0.6 is 11.8 Å². The molecule has 1 aromatic rings. The summed E-state index contributed by atoms with van der Waals surface area (Å²) in [5, 5.41) is 3.75. The molecule has 2 aliphatic rings. The SMILES string of the molecule is NC1CC(NC2CCSc3ccccc32)C1. The summed E-state index contributed by atoms with van der Waals surface area (Å²) in [6, 6.07) is 10.4. The molecule has 2 nitrogen and oxygen atoms in total. The first-order valence-electron chi connectivity index (χ1n) is 6.06. The lowest BCUT2D eigenvalue weighted by atomic mass is 9.86. The van der Waals surface area contributed by atoms with Crippen LogP contribution in [0.15, 0.2) is 29.2 Å². The van der Waals surface area contributed by atoms with Gasteiger partial charge in [0, 0.05) is 23.0 Å². The third-order valence-electron chi connectivity index (χ3n) is 3.57. The van der Waals surface area contributed by atoms with Crippen LogP contribution in [-0.2, 0) is 0 Å². The van der Waals surface area contributed by atoms with E-state index >= 15 is 0 Å². The molecule has 0 bridgehead atoms. The Kier molecular flexibility index (Phi) is 2.92. The zero-order valence-electron chi connectivity index (χ0n) is 9.36. The van der Waals surface area contributed by atoms with Crippen molar-refractivity contribution in [3.63, 3.8) is 0 Å². The second-order valence-electron chi connectivity index (χ2n) is 4.82. The average molecular weight is 234 g/mol. The van der Waals surface area contributed by atoms with Gasteiger partial charge in [-0.2, -0.15) is 0 Å².